The topological polar surface area (TPSA) is 62.5 Å². The summed E-state index contributed by atoms with van der Waals surface area (Å²) in [7, 11) is 2.08. The fourth-order valence-electron chi connectivity index (χ4n) is 4.88. The highest BCUT2D eigenvalue weighted by molar-refractivity contribution is 5.87. The Morgan fingerprint density at radius 1 is 1.21 bits per heavy atom. The number of aryl methyl sites for hydroxylation is 1. The summed E-state index contributed by atoms with van der Waals surface area (Å²) in [5.41, 5.74) is 3.70. The second-order valence-electron chi connectivity index (χ2n) is 10.3. The maximum atomic E-state index is 12.8. The van der Waals surface area contributed by atoms with E-state index in [1.54, 1.807) is 6.20 Å². The van der Waals surface area contributed by atoms with Crippen LogP contribution in [0.15, 0.2) is 35.3 Å². The van der Waals surface area contributed by atoms with Crippen molar-refractivity contribution in [1.29, 1.82) is 0 Å². The van der Waals surface area contributed by atoms with Crippen molar-refractivity contribution in [1.82, 2.24) is 9.47 Å². The molecular formula is C28H38N2O3. The van der Waals surface area contributed by atoms with E-state index in [0.717, 1.165) is 48.8 Å². The Morgan fingerprint density at radius 3 is 2.48 bits per heavy atom. The molecule has 0 saturated heterocycles. The molecule has 2 aromatic rings. The molecule has 0 spiro atoms. The minimum atomic E-state index is -1.18. The fourth-order valence-corrected chi connectivity index (χ4v) is 4.88. The molecule has 33 heavy (non-hydrogen) atoms. The molecule has 0 saturated carbocycles. The van der Waals surface area contributed by atoms with Crippen molar-refractivity contribution in [2.24, 2.45) is 5.41 Å². The SMILES string of the molecule is CCCCc1cccc(=C2\c3cc(=O)c(C(=O)O)cn3C(C(C)(C)C)CN2C)/c1=C(/C)CC. The van der Waals surface area contributed by atoms with Crippen LogP contribution in [0, 0.1) is 5.41 Å². The van der Waals surface area contributed by atoms with Gasteiger partial charge in [-0.25, -0.2) is 4.79 Å². The lowest BCUT2D eigenvalue weighted by atomic mass is 9.84. The normalized spacial score (nSPS) is 18.8. The minimum absolute atomic E-state index is 0.0305. The standard InChI is InChI=1S/C28H38N2O3/c1-8-10-12-19-13-11-14-20(25(19)18(3)9-2)26-22-15-23(31)21(27(32)33)16-30(22)24(17-29(26)7)28(4,5)6/h11,13-16,24H,8-10,12,17H2,1-7H3,(H,32,33)/b25-18-,26-20-. The van der Waals surface area contributed by atoms with Crippen LogP contribution in [0.25, 0.3) is 11.3 Å². The molecule has 1 atom stereocenters. The maximum Gasteiger partial charge on any atom is 0.341 e. The van der Waals surface area contributed by atoms with E-state index in [1.165, 1.54) is 22.4 Å². The average Bonchev–Trinajstić information content (AvgIpc) is 2.75. The lowest BCUT2D eigenvalue weighted by Gasteiger charge is -2.43. The number of carbonyl (C=O) groups is 1. The number of carboxylic acid groups (broad SMARTS) is 1. The monoisotopic (exact) mass is 450 g/mol. The van der Waals surface area contributed by atoms with Crippen molar-refractivity contribution in [2.75, 3.05) is 13.6 Å². The highest BCUT2D eigenvalue weighted by atomic mass is 16.4. The molecular weight excluding hydrogens is 412 g/mol. The van der Waals surface area contributed by atoms with Crippen LogP contribution in [-0.4, -0.2) is 34.1 Å². The molecule has 1 aliphatic heterocycles. The fraction of sp³-hybridized carbons (Fsp3) is 0.500. The van der Waals surface area contributed by atoms with Crippen LogP contribution in [0.1, 0.15) is 88.5 Å². The minimum Gasteiger partial charge on any atom is -0.477 e. The van der Waals surface area contributed by atoms with E-state index in [1.807, 2.05) is 4.57 Å². The predicted molar refractivity (Wildman–Crippen MR) is 135 cm³/mol. The Balaban J connectivity index is 2.51. The third-order valence-corrected chi connectivity index (χ3v) is 6.88. The summed E-state index contributed by atoms with van der Waals surface area (Å²) in [6, 6.07) is 8.03. The Morgan fingerprint density at radius 2 is 1.91 bits per heavy atom. The number of pyridine rings is 1. The van der Waals surface area contributed by atoms with Crippen molar-refractivity contribution in [3.05, 3.63) is 67.9 Å². The van der Waals surface area contributed by atoms with Gasteiger partial charge in [0.05, 0.1) is 17.4 Å². The van der Waals surface area contributed by atoms with Gasteiger partial charge in [-0.15, -0.1) is 0 Å². The summed E-state index contributed by atoms with van der Waals surface area (Å²) in [5.74, 6) is -1.18. The van der Waals surface area contributed by atoms with Crippen LogP contribution < -0.4 is 15.9 Å². The molecule has 1 aliphatic rings. The van der Waals surface area contributed by atoms with Crippen LogP contribution in [0.5, 0.6) is 0 Å². The van der Waals surface area contributed by atoms with Crippen LogP contribution in [-0.2, 0) is 6.42 Å². The molecule has 1 unspecified atom stereocenters. The van der Waals surface area contributed by atoms with Crippen molar-refractivity contribution in [2.45, 2.75) is 73.3 Å². The first-order valence-electron chi connectivity index (χ1n) is 12.0. The van der Waals surface area contributed by atoms with Gasteiger partial charge in [-0.2, -0.15) is 0 Å². The summed E-state index contributed by atoms with van der Waals surface area (Å²) in [4.78, 5) is 26.8. The first-order valence-corrected chi connectivity index (χ1v) is 12.0. The molecule has 2 heterocycles. The summed E-state index contributed by atoms with van der Waals surface area (Å²) in [6.45, 7) is 13.8. The van der Waals surface area contributed by atoms with Gasteiger partial charge in [0, 0.05) is 31.1 Å². The third-order valence-electron chi connectivity index (χ3n) is 6.88. The van der Waals surface area contributed by atoms with Gasteiger partial charge in [-0.05, 0) is 42.4 Å². The zero-order chi connectivity index (χ0) is 24.5. The van der Waals surface area contributed by atoms with Crippen LogP contribution in [0.3, 0.4) is 0 Å². The molecule has 0 radical (unpaired) electrons. The summed E-state index contributed by atoms with van der Waals surface area (Å²) in [6.07, 6.45) is 5.78. The molecule has 0 amide bonds. The lowest BCUT2D eigenvalue weighted by molar-refractivity contribution is 0.0693. The van der Waals surface area contributed by atoms with Gasteiger partial charge in [0.25, 0.3) is 0 Å². The van der Waals surface area contributed by atoms with E-state index in [2.05, 4.69) is 71.7 Å². The largest absolute Gasteiger partial charge is 0.477 e. The van der Waals surface area contributed by atoms with E-state index < -0.39 is 11.4 Å². The first kappa shape index (κ1) is 24.8. The van der Waals surface area contributed by atoms with Crippen LogP contribution in [0.2, 0.25) is 0 Å². The summed E-state index contributed by atoms with van der Waals surface area (Å²) in [5, 5.41) is 12.0. The maximum absolute atomic E-state index is 12.8. The Labute approximate surface area is 197 Å². The second-order valence-corrected chi connectivity index (χ2v) is 10.3. The number of rotatable bonds is 5. The van der Waals surface area contributed by atoms with Gasteiger partial charge in [-0.3, -0.25) is 4.79 Å². The Bertz CT molecular complexity index is 1230. The van der Waals surface area contributed by atoms with Crippen molar-refractivity contribution >= 4 is 17.2 Å². The van der Waals surface area contributed by atoms with E-state index in [0.29, 0.717) is 0 Å². The molecule has 0 bridgehead atoms. The number of hydrogen-bond acceptors (Lipinski definition) is 3. The zero-order valence-corrected chi connectivity index (χ0v) is 21.2. The zero-order valence-electron chi connectivity index (χ0n) is 21.2. The van der Waals surface area contributed by atoms with E-state index >= 15 is 0 Å². The van der Waals surface area contributed by atoms with Gasteiger partial charge in [0.2, 0.25) is 0 Å². The molecule has 3 rings (SSSR count). The van der Waals surface area contributed by atoms with Gasteiger partial charge < -0.3 is 14.6 Å². The third kappa shape index (κ3) is 4.78. The van der Waals surface area contributed by atoms with E-state index in [9.17, 15) is 14.7 Å². The Kier molecular flexibility index (Phi) is 7.20. The molecule has 178 valence electrons. The number of benzene rings is 1. The quantitative estimate of drug-likeness (QED) is 0.743. The molecule has 0 fully saturated rings. The molecule has 5 nitrogen and oxygen atoms in total. The van der Waals surface area contributed by atoms with Crippen LogP contribution in [0.4, 0.5) is 0 Å². The van der Waals surface area contributed by atoms with Gasteiger partial charge >= 0.3 is 5.97 Å². The van der Waals surface area contributed by atoms with Gasteiger partial charge in [0.1, 0.15) is 5.56 Å². The molecule has 1 aromatic heterocycles. The molecule has 1 aromatic carbocycles. The summed E-state index contributed by atoms with van der Waals surface area (Å²) < 4.78 is 2.03. The number of aromatic nitrogens is 1. The summed E-state index contributed by atoms with van der Waals surface area (Å²) >= 11 is 0. The number of likely N-dealkylation sites (N-methyl/N-ethyl adjacent to an activating group) is 1. The van der Waals surface area contributed by atoms with Gasteiger partial charge in [-0.1, -0.05) is 64.8 Å². The van der Waals surface area contributed by atoms with Crippen molar-refractivity contribution in [3.8, 4) is 0 Å². The highest BCUT2D eigenvalue weighted by Gasteiger charge is 2.35. The van der Waals surface area contributed by atoms with Crippen LogP contribution >= 0.6 is 0 Å². The smallest absolute Gasteiger partial charge is 0.341 e. The first-order chi connectivity index (χ1) is 15.5. The molecule has 1 N–H and O–H groups in total. The second kappa shape index (κ2) is 9.58. The molecule has 0 aliphatic carbocycles. The van der Waals surface area contributed by atoms with E-state index in [-0.39, 0.29) is 17.0 Å². The lowest BCUT2D eigenvalue weighted by Crippen LogP contribution is -2.46. The number of nitrogens with zero attached hydrogens (tertiary/aromatic N) is 2. The van der Waals surface area contributed by atoms with Crippen molar-refractivity contribution in [3.63, 3.8) is 0 Å². The Hall–Kier alpha value is -2.82. The highest BCUT2D eigenvalue weighted by Crippen LogP contribution is 2.37. The molecule has 5 heteroatoms. The van der Waals surface area contributed by atoms with E-state index in [4.69, 9.17) is 0 Å². The number of unbranched alkanes of at least 4 members (excludes halogenated alkanes) is 1. The van der Waals surface area contributed by atoms with Crippen molar-refractivity contribution < 1.29 is 9.90 Å². The number of carboxylic acids is 1. The predicted octanol–water partition coefficient (Wildman–Crippen LogP) is 4.16. The number of aromatic carboxylic acids is 1. The number of hydrogen-bond donors (Lipinski definition) is 1. The van der Waals surface area contributed by atoms with Gasteiger partial charge in [0.15, 0.2) is 5.43 Å². The average molecular weight is 451 g/mol. The number of fused-ring (bicyclic) bond motifs is 1.